The van der Waals surface area contributed by atoms with E-state index in [1.54, 1.807) is 0 Å². The molecule has 0 amide bonds. The SMILES string of the molecule is Cc1cc(Cl)c(Br)cc1CC(C)(C)N. The summed E-state index contributed by atoms with van der Waals surface area (Å²) in [4.78, 5) is 0. The fourth-order valence-corrected chi connectivity index (χ4v) is 1.98. The molecule has 14 heavy (non-hydrogen) atoms. The predicted molar refractivity (Wildman–Crippen MR) is 65.9 cm³/mol. The van der Waals surface area contributed by atoms with Gasteiger partial charge in [-0.2, -0.15) is 0 Å². The smallest absolute Gasteiger partial charge is 0.0550 e. The van der Waals surface area contributed by atoms with Crippen LogP contribution in [0.2, 0.25) is 5.02 Å². The van der Waals surface area contributed by atoms with Gasteiger partial charge in [0.25, 0.3) is 0 Å². The molecule has 3 heteroatoms. The summed E-state index contributed by atoms with van der Waals surface area (Å²) >= 11 is 9.39. The highest BCUT2D eigenvalue weighted by atomic mass is 79.9. The van der Waals surface area contributed by atoms with Crippen molar-refractivity contribution in [1.29, 1.82) is 0 Å². The molecule has 0 aromatic heterocycles. The lowest BCUT2D eigenvalue weighted by Crippen LogP contribution is -2.34. The Morgan fingerprint density at radius 3 is 2.50 bits per heavy atom. The van der Waals surface area contributed by atoms with Crippen LogP contribution in [0.1, 0.15) is 25.0 Å². The minimum absolute atomic E-state index is 0.183. The number of hydrogen-bond donors (Lipinski definition) is 1. The molecule has 2 N–H and O–H groups in total. The summed E-state index contributed by atoms with van der Waals surface area (Å²) in [7, 11) is 0. The molecule has 0 radical (unpaired) electrons. The van der Waals surface area contributed by atoms with Crippen LogP contribution in [-0.4, -0.2) is 5.54 Å². The van der Waals surface area contributed by atoms with Crippen molar-refractivity contribution in [3.8, 4) is 0 Å². The lowest BCUT2D eigenvalue weighted by atomic mass is 9.93. The quantitative estimate of drug-likeness (QED) is 0.876. The van der Waals surface area contributed by atoms with Gasteiger partial charge in [0.1, 0.15) is 0 Å². The van der Waals surface area contributed by atoms with Crippen LogP contribution in [-0.2, 0) is 6.42 Å². The van der Waals surface area contributed by atoms with E-state index in [9.17, 15) is 0 Å². The molecule has 0 atom stereocenters. The van der Waals surface area contributed by atoms with Gasteiger partial charge in [0, 0.05) is 10.0 Å². The van der Waals surface area contributed by atoms with Gasteiger partial charge in [-0.25, -0.2) is 0 Å². The Hall–Kier alpha value is -0.0500. The van der Waals surface area contributed by atoms with Crippen molar-refractivity contribution in [3.63, 3.8) is 0 Å². The van der Waals surface area contributed by atoms with Crippen LogP contribution in [0, 0.1) is 6.92 Å². The van der Waals surface area contributed by atoms with Gasteiger partial charge in [-0.15, -0.1) is 0 Å². The van der Waals surface area contributed by atoms with Gasteiger partial charge in [0.15, 0.2) is 0 Å². The van der Waals surface area contributed by atoms with Gasteiger partial charge < -0.3 is 5.73 Å². The third-order valence-electron chi connectivity index (χ3n) is 2.02. The van der Waals surface area contributed by atoms with Gasteiger partial charge in [-0.1, -0.05) is 11.6 Å². The van der Waals surface area contributed by atoms with Crippen molar-refractivity contribution in [1.82, 2.24) is 0 Å². The summed E-state index contributed by atoms with van der Waals surface area (Å²) in [5, 5.41) is 0.751. The zero-order valence-corrected chi connectivity index (χ0v) is 11.0. The molecular weight excluding hydrogens is 261 g/mol. The van der Waals surface area contributed by atoms with Crippen LogP contribution in [0.4, 0.5) is 0 Å². The number of nitrogens with two attached hydrogens (primary N) is 1. The highest BCUT2D eigenvalue weighted by Crippen LogP contribution is 2.27. The Labute approximate surface area is 98.8 Å². The molecule has 78 valence electrons. The molecule has 1 aromatic carbocycles. The van der Waals surface area contributed by atoms with Gasteiger partial charge in [-0.3, -0.25) is 0 Å². The maximum Gasteiger partial charge on any atom is 0.0550 e. The monoisotopic (exact) mass is 275 g/mol. The minimum Gasteiger partial charge on any atom is -0.325 e. The molecule has 0 heterocycles. The highest BCUT2D eigenvalue weighted by molar-refractivity contribution is 9.10. The molecule has 0 saturated carbocycles. The zero-order chi connectivity index (χ0) is 10.9. The van der Waals surface area contributed by atoms with Gasteiger partial charge >= 0.3 is 0 Å². The zero-order valence-electron chi connectivity index (χ0n) is 8.70. The van der Waals surface area contributed by atoms with E-state index in [1.807, 2.05) is 26.0 Å². The number of hydrogen-bond acceptors (Lipinski definition) is 1. The summed E-state index contributed by atoms with van der Waals surface area (Å²) in [5.41, 5.74) is 8.23. The van der Waals surface area contributed by atoms with E-state index < -0.39 is 0 Å². The van der Waals surface area contributed by atoms with Gasteiger partial charge in [0.05, 0.1) is 5.02 Å². The molecule has 1 rings (SSSR count). The first kappa shape index (κ1) is 12.0. The molecule has 0 bridgehead atoms. The Morgan fingerprint density at radius 1 is 1.43 bits per heavy atom. The van der Waals surface area contributed by atoms with Crippen LogP contribution >= 0.6 is 27.5 Å². The second-order valence-corrected chi connectivity index (χ2v) is 5.62. The third kappa shape index (κ3) is 3.26. The molecule has 0 aliphatic carbocycles. The molecule has 0 unspecified atom stereocenters. The Balaban J connectivity index is 3.04. The number of rotatable bonds is 2. The average Bonchev–Trinajstić information content (AvgIpc) is 1.97. The minimum atomic E-state index is -0.183. The molecule has 0 aliphatic rings. The summed E-state index contributed by atoms with van der Waals surface area (Å²) in [6.45, 7) is 6.10. The second kappa shape index (κ2) is 4.21. The third-order valence-corrected chi connectivity index (χ3v) is 3.22. The first-order valence-electron chi connectivity index (χ1n) is 4.53. The van der Waals surface area contributed by atoms with Crippen molar-refractivity contribution >= 4 is 27.5 Å². The second-order valence-electron chi connectivity index (χ2n) is 4.36. The van der Waals surface area contributed by atoms with E-state index in [4.69, 9.17) is 17.3 Å². The normalized spacial score (nSPS) is 11.9. The van der Waals surface area contributed by atoms with E-state index in [0.717, 1.165) is 15.9 Å². The topological polar surface area (TPSA) is 26.0 Å². The summed E-state index contributed by atoms with van der Waals surface area (Å²) in [6.07, 6.45) is 0.856. The van der Waals surface area contributed by atoms with Crippen molar-refractivity contribution < 1.29 is 0 Å². The average molecular weight is 277 g/mol. The van der Waals surface area contributed by atoms with Crippen LogP contribution in [0.5, 0.6) is 0 Å². The molecular formula is C11H15BrClN. The van der Waals surface area contributed by atoms with E-state index >= 15 is 0 Å². The van der Waals surface area contributed by atoms with E-state index in [-0.39, 0.29) is 5.54 Å². The van der Waals surface area contributed by atoms with Crippen LogP contribution in [0.25, 0.3) is 0 Å². The highest BCUT2D eigenvalue weighted by Gasteiger charge is 2.14. The lowest BCUT2D eigenvalue weighted by molar-refractivity contribution is 0.515. The number of aryl methyl sites for hydroxylation is 1. The van der Waals surface area contributed by atoms with E-state index in [0.29, 0.717) is 0 Å². The van der Waals surface area contributed by atoms with Crippen molar-refractivity contribution in [2.75, 3.05) is 0 Å². The standard InChI is InChI=1S/C11H15BrClN/c1-7-4-10(13)9(12)5-8(7)6-11(2,3)14/h4-5H,6,14H2,1-3H3. The van der Waals surface area contributed by atoms with E-state index in [2.05, 4.69) is 22.9 Å². The largest absolute Gasteiger partial charge is 0.325 e. The van der Waals surface area contributed by atoms with Crippen molar-refractivity contribution in [2.24, 2.45) is 5.73 Å². The Morgan fingerprint density at radius 2 is 2.00 bits per heavy atom. The van der Waals surface area contributed by atoms with E-state index in [1.165, 1.54) is 11.1 Å². The Kier molecular flexibility index (Phi) is 3.62. The Bertz CT molecular complexity index is 342. The van der Waals surface area contributed by atoms with Gasteiger partial charge in [0.2, 0.25) is 0 Å². The first-order valence-corrected chi connectivity index (χ1v) is 5.70. The van der Waals surface area contributed by atoms with Crippen LogP contribution < -0.4 is 5.73 Å². The number of halogens is 2. The fraction of sp³-hybridized carbons (Fsp3) is 0.455. The first-order chi connectivity index (χ1) is 6.29. The fourth-order valence-electron chi connectivity index (χ4n) is 1.37. The lowest BCUT2D eigenvalue weighted by Gasteiger charge is -2.20. The maximum absolute atomic E-state index is 5.98. The van der Waals surface area contributed by atoms with Crippen LogP contribution in [0.15, 0.2) is 16.6 Å². The summed E-state index contributed by atoms with van der Waals surface area (Å²) in [6, 6.07) is 4.01. The van der Waals surface area contributed by atoms with Crippen molar-refractivity contribution in [3.05, 3.63) is 32.8 Å². The molecule has 0 fully saturated rings. The predicted octanol–water partition coefficient (Wildman–Crippen LogP) is 3.69. The maximum atomic E-state index is 5.98. The van der Waals surface area contributed by atoms with Crippen LogP contribution in [0.3, 0.4) is 0 Å². The molecule has 0 spiro atoms. The van der Waals surface area contributed by atoms with Gasteiger partial charge in [-0.05, 0) is 66.4 Å². The van der Waals surface area contributed by atoms with Crippen molar-refractivity contribution in [2.45, 2.75) is 32.7 Å². The molecule has 0 aliphatic heterocycles. The number of benzene rings is 1. The molecule has 1 nitrogen and oxygen atoms in total. The summed E-state index contributed by atoms with van der Waals surface area (Å²) in [5.74, 6) is 0. The molecule has 0 saturated heterocycles. The summed E-state index contributed by atoms with van der Waals surface area (Å²) < 4.78 is 0.934. The molecule has 1 aromatic rings.